The highest BCUT2D eigenvalue weighted by Crippen LogP contribution is 2.10. The van der Waals surface area contributed by atoms with Crippen molar-refractivity contribution in [2.75, 3.05) is 18.4 Å². The van der Waals surface area contributed by atoms with Crippen LogP contribution in [0.2, 0.25) is 0 Å². The van der Waals surface area contributed by atoms with Gasteiger partial charge in [0.2, 0.25) is 5.91 Å². The molecule has 106 valence electrons. The largest absolute Gasteiger partial charge is 0.481 e. The highest BCUT2D eigenvalue weighted by Gasteiger charge is 2.15. The standard InChI is InChI=1S/C12H19N3O3S/c1-9(2)15(6-3-4-11(17)18)8-10(16)14-12-13-5-7-19-12/h5,7,9H,3-4,6,8H2,1-2H3,(H,17,18)(H,13,14,16). The van der Waals surface area contributed by atoms with Gasteiger partial charge in [0.15, 0.2) is 5.13 Å². The number of thiazole rings is 1. The van der Waals surface area contributed by atoms with Gasteiger partial charge in [0, 0.05) is 24.0 Å². The molecule has 0 saturated heterocycles. The molecule has 0 aromatic carbocycles. The second-order valence-corrected chi connectivity index (χ2v) is 5.34. The number of carbonyl (C=O) groups excluding carboxylic acids is 1. The number of nitrogens with one attached hydrogen (secondary N) is 1. The molecule has 0 unspecified atom stereocenters. The molecule has 1 aromatic rings. The quantitative estimate of drug-likeness (QED) is 0.759. The molecular formula is C12H19N3O3S. The van der Waals surface area contributed by atoms with Crippen LogP contribution >= 0.6 is 11.3 Å². The van der Waals surface area contributed by atoms with Gasteiger partial charge in [-0.3, -0.25) is 14.5 Å². The van der Waals surface area contributed by atoms with Crippen LogP contribution in [0.25, 0.3) is 0 Å². The summed E-state index contributed by atoms with van der Waals surface area (Å²) in [6.45, 7) is 4.81. The smallest absolute Gasteiger partial charge is 0.303 e. The molecule has 0 aliphatic heterocycles. The summed E-state index contributed by atoms with van der Waals surface area (Å²) in [5.74, 6) is -0.935. The topological polar surface area (TPSA) is 82.5 Å². The van der Waals surface area contributed by atoms with Crippen LogP contribution in [0, 0.1) is 0 Å². The highest BCUT2D eigenvalue weighted by molar-refractivity contribution is 7.13. The average Bonchev–Trinajstić information content (AvgIpc) is 2.79. The number of hydrogen-bond donors (Lipinski definition) is 2. The fourth-order valence-corrected chi connectivity index (χ4v) is 2.13. The van der Waals surface area contributed by atoms with E-state index in [2.05, 4.69) is 10.3 Å². The fourth-order valence-electron chi connectivity index (χ4n) is 1.58. The fraction of sp³-hybridized carbons (Fsp3) is 0.583. The van der Waals surface area contributed by atoms with Crippen molar-refractivity contribution < 1.29 is 14.7 Å². The summed E-state index contributed by atoms with van der Waals surface area (Å²) in [5.41, 5.74) is 0. The van der Waals surface area contributed by atoms with Crippen molar-refractivity contribution in [2.24, 2.45) is 0 Å². The first-order valence-corrected chi connectivity index (χ1v) is 7.02. The Balaban J connectivity index is 2.39. The molecule has 19 heavy (non-hydrogen) atoms. The molecule has 0 radical (unpaired) electrons. The van der Waals surface area contributed by atoms with Crippen molar-refractivity contribution in [2.45, 2.75) is 32.7 Å². The van der Waals surface area contributed by atoms with Gasteiger partial charge in [0.25, 0.3) is 0 Å². The molecule has 0 bridgehead atoms. The van der Waals surface area contributed by atoms with Crippen molar-refractivity contribution in [3.05, 3.63) is 11.6 Å². The van der Waals surface area contributed by atoms with Crippen LogP contribution in [0.4, 0.5) is 5.13 Å². The summed E-state index contributed by atoms with van der Waals surface area (Å²) in [5, 5.41) is 13.7. The van der Waals surface area contributed by atoms with E-state index in [4.69, 9.17) is 5.11 Å². The Labute approximate surface area is 116 Å². The Bertz CT molecular complexity index is 406. The molecule has 1 amide bonds. The first kappa shape index (κ1) is 15.6. The van der Waals surface area contributed by atoms with Crippen molar-refractivity contribution >= 4 is 28.3 Å². The molecule has 0 saturated carbocycles. The Kier molecular flexibility index (Phi) is 6.44. The molecule has 0 atom stereocenters. The van der Waals surface area contributed by atoms with Crippen LogP contribution < -0.4 is 5.32 Å². The second kappa shape index (κ2) is 7.85. The Morgan fingerprint density at radius 1 is 1.53 bits per heavy atom. The van der Waals surface area contributed by atoms with E-state index in [0.717, 1.165) is 0 Å². The van der Waals surface area contributed by atoms with Crippen molar-refractivity contribution in [1.29, 1.82) is 0 Å². The van der Waals surface area contributed by atoms with Gasteiger partial charge in [-0.1, -0.05) is 0 Å². The molecule has 1 aromatic heterocycles. The first-order valence-electron chi connectivity index (χ1n) is 6.14. The zero-order valence-electron chi connectivity index (χ0n) is 11.1. The van der Waals surface area contributed by atoms with E-state index < -0.39 is 5.97 Å². The Hall–Kier alpha value is -1.47. The van der Waals surface area contributed by atoms with Gasteiger partial charge in [0.1, 0.15) is 0 Å². The van der Waals surface area contributed by atoms with Gasteiger partial charge >= 0.3 is 5.97 Å². The zero-order valence-corrected chi connectivity index (χ0v) is 11.9. The minimum absolute atomic E-state index is 0.122. The molecule has 6 nitrogen and oxygen atoms in total. The Morgan fingerprint density at radius 2 is 2.26 bits per heavy atom. The lowest BCUT2D eigenvalue weighted by Gasteiger charge is -2.25. The number of amides is 1. The number of aliphatic carboxylic acids is 1. The number of rotatable bonds is 8. The van der Waals surface area contributed by atoms with Gasteiger partial charge < -0.3 is 10.4 Å². The maximum absolute atomic E-state index is 11.8. The lowest BCUT2D eigenvalue weighted by atomic mass is 10.2. The second-order valence-electron chi connectivity index (χ2n) is 4.45. The molecule has 0 spiro atoms. The van der Waals surface area contributed by atoms with E-state index in [-0.39, 0.29) is 24.9 Å². The van der Waals surface area contributed by atoms with Crippen LogP contribution in [-0.4, -0.2) is 46.0 Å². The third kappa shape index (κ3) is 6.30. The Morgan fingerprint density at radius 3 is 2.79 bits per heavy atom. The number of carboxylic acids is 1. The summed E-state index contributed by atoms with van der Waals surface area (Å²) >= 11 is 1.37. The van der Waals surface area contributed by atoms with Gasteiger partial charge in [0.05, 0.1) is 6.54 Å². The van der Waals surface area contributed by atoms with Crippen molar-refractivity contribution in [3.8, 4) is 0 Å². The molecule has 1 rings (SSSR count). The minimum atomic E-state index is -0.809. The molecule has 1 heterocycles. The van der Waals surface area contributed by atoms with E-state index in [1.54, 1.807) is 11.6 Å². The maximum atomic E-state index is 11.8. The van der Waals surface area contributed by atoms with Crippen molar-refractivity contribution in [1.82, 2.24) is 9.88 Å². The summed E-state index contributed by atoms with van der Waals surface area (Å²) < 4.78 is 0. The third-order valence-electron chi connectivity index (χ3n) is 2.59. The van der Waals surface area contributed by atoms with Crippen LogP contribution in [0.5, 0.6) is 0 Å². The predicted molar refractivity (Wildman–Crippen MR) is 74.3 cm³/mol. The molecular weight excluding hydrogens is 266 g/mol. The number of nitrogens with zero attached hydrogens (tertiary/aromatic N) is 2. The lowest BCUT2D eigenvalue weighted by molar-refractivity contribution is -0.137. The summed E-state index contributed by atoms with van der Waals surface area (Å²) in [4.78, 5) is 28.2. The predicted octanol–water partition coefficient (Wildman–Crippen LogP) is 1.66. The maximum Gasteiger partial charge on any atom is 0.303 e. The van der Waals surface area contributed by atoms with Crippen LogP contribution in [-0.2, 0) is 9.59 Å². The first-order chi connectivity index (χ1) is 8.99. The third-order valence-corrected chi connectivity index (χ3v) is 3.28. The monoisotopic (exact) mass is 285 g/mol. The van der Waals surface area contributed by atoms with Crippen LogP contribution in [0.1, 0.15) is 26.7 Å². The minimum Gasteiger partial charge on any atom is -0.481 e. The average molecular weight is 285 g/mol. The van der Waals surface area contributed by atoms with Gasteiger partial charge in [-0.2, -0.15) is 0 Å². The normalized spacial score (nSPS) is 10.9. The van der Waals surface area contributed by atoms with Gasteiger partial charge in [-0.25, -0.2) is 4.98 Å². The summed E-state index contributed by atoms with van der Waals surface area (Å²) in [6.07, 6.45) is 2.29. The molecule has 0 aliphatic carbocycles. The number of aromatic nitrogens is 1. The van der Waals surface area contributed by atoms with E-state index in [1.165, 1.54) is 11.3 Å². The van der Waals surface area contributed by atoms with Gasteiger partial charge in [-0.15, -0.1) is 11.3 Å². The number of carbonyl (C=O) groups is 2. The number of anilines is 1. The van der Waals surface area contributed by atoms with E-state index >= 15 is 0 Å². The van der Waals surface area contributed by atoms with E-state index in [1.807, 2.05) is 18.7 Å². The summed E-state index contributed by atoms with van der Waals surface area (Å²) in [7, 11) is 0. The number of hydrogen-bond acceptors (Lipinski definition) is 5. The zero-order chi connectivity index (χ0) is 14.3. The van der Waals surface area contributed by atoms with E-state index in [0.29, 0.717) is 18.1 Å². The molecule has 0 aliphatic rings. The van der Waals surface area contributed by atoms with Crippen LogP contribution in [0.3, 0.4) is 0 Å². The molecule has 7 heteroatoms. The van der Waals surface area contributed by atoms with Crippen LogP contribution in [0.15, 0.2) is 11.6 Å². The summed E-state index contributed by atoms with van der Waals surface area (Å²) in [6, 6.07) is 0.191. The highest BCUT2D eigenvalue weighted by atomic mass is 32.1. The number of carboxylic acid groups (broad SMARTS) is 1. The molecule has 0 fully saturated rings. The lowest BCUT2D eigenvalue weighted by Crippen LogP contribution is -2.38. The molecule has 2 N–H and O–H groups in total. The SMILES string of the molecule is CC(C)N(CCCC(=O)O)CC(=O)Nc1nccs1. The van der Waals surface area contributed by atoms with Crippen molar-refractivity contribution in [3.63, 3.8) is 0 Å². The van der Waals surface area contributed by atoms with E-state index in [9.17, 15) is 9.59 Å². The van der Waals surface area contributed by atoms with Gasteiger partial charge in [-0.05, 0) is 26.8 Å².